The van der Waals surface area contributed by atoms with Crippen molar-refractivity contribution in [1.82, 2.24) is 24.5 Å². The van der Waals surface area contributed by atoms with Gasteiger partial charge in [0.2, 0.25) is 0 Å². The summed E-state index contributed by atoms with van der Waals surface area (Å²) in [7, 11) is 1.72. The molecule has 128 valence electrons. The number of hydrogen-bond acceptors (Lipinski definition) is 3. The second kappa shape index (κ2) is 5.32. The number of aromatic nitrogens is 5. The molecule has 0 atom stereocenters. The summed E-state index contributed by atoms with van der Waals surface area (Å²) in [4.78, 5) is 4.48. The Hall–Kier alpha value is -2.38. The molecule has 0 N–H and O–H groups in total. The standard InChI is InChI=1S/C16H18F3N5/c1-8(2)24-15-14(10(4)22-24)12(16(17,18)19)6-13(20-15)11-7-23(5)21-9(11)3/h6-8H,1-5H3. The molecule has 0 aliphatic heterocycles. The number of hydrogen-bond donors (Lipinski definition) is 0. The first-order valence-corrected chi connectivity index (χ1v) is 7.57. The van der Waals surface area contributed by atoms with Crippen LogP contribution in [-0.2, 0) is 13.2 Å². The first-order chi connectivity index (χ1) is 11.1. The van der Waals surface area contributed by atoms with Crippen molar-refractivity contribution in [2.45, 2.75) is 39.9 Å². The fourth-order valence-electron chi connectivity index (χ4n) is 2.89. The Labute approximate surface area is 137 Å². The van der Waals surface area contributed by atoms with Crippen molar-refractivity contribution in [1.29, 1.82) is 0 Å². The largest absolute Gasteiger partial charge is 0.417 e. The van der Waals surface area contributed by atoms with Crippen LogP contribution in [0.5, 0.6) is 0 Å². The van der Waals surface area contributed by atoms with E-state index in [0.717, 1.165) is 6.07 Å². The highest BCUT2D eigenvalue weighted by Crippen LogP contribution is 2.38. The molecule has 0 saturated heterocycles. The van der Waals surface area contributed by atoms with E-state index in [9.17, 15) is 13.2 Å². The maximum atomic E-state index is 13.6. The van der Waals surface area contributed by atoms with E-state index >= 15 is 0 Å². The van der Waals surface area contributed by atoms with Gasteiger partial charge in [-0.05, 0) is 33.8 Å². The molecule has 0 radical (unpaired) electrons. The van der Waals surface area contributed by atoms with Crippen molar-refractivity contribution >= 4 is 11.0 Å². The molecule has 0 saturated carbocycles. The number of fused-ring (bicyclic) bond motifs is 1. The van der Waals surface area contributed by atoms with Crippen LogP contribution in [0.1, 0.15) is 36.8 Å². The molecule has 0 bridgehead atoms. The lowest BCUT2D eigenvalue weighted by molar-refractivity contribution is -0.136. The molecule has 24 heavy (non-hydrogen) atoms. The summed E-state index contributed by atoms with van der Waals surface area (Å²) in [6.07, 6.45) is -2.81. The maximum absolute atomic E-state index is 13.6. The Morgan fingerprint density at radius 3 is 2.25 bits per heavy atom. The Morgan fingerprint density at radius 2 is 1.75 bits per heavy atom. The summed E-state index contributed by atoms with van der Waals surface area (Å²) in [5.74, 6) is 0. The van der Waals surface area contributed by atoms with Gasteiger partial charge >= 0.3 is 6.18 Å². The van der Waals surface area contributed by atoms with E-state index in [1.807, 2.05) is 13.8 Å². The lowest BCUT2D eigenvalue weighted by Crippen LogP contribution is -2.09. The van der Waals surface area contributed by atoms with E-state index in [1.54, 1.807) is 31.8 Å². The van der Waals surface area contributed by atoms with Gasteiger partial charge in [-0.15, -0.1) is 0 Å². The zero-order valence-electron chi connectivity index (χ0n) is 14.1. The van der Waals surface area contributed by atoms with Crippen molar-refractivity contribution < 1.29 is 13.2 Å². The fourth-order valence-corrected chi connectivity index (χ4v) is 2.89. The zero-order chi connectivity index (χ0) is 17.8. The van der Waals surface area contributed by atoms with Gasteiger partial charge in [0, 0.05) is 24.8 Å². The third-order valence-electron chi connectivity index (χ3n) is 3.92. The van der Waals surface area contributed by atoms with Crippen LogP contribution >= 0.6 is 0 Å². The third kappa shape index (κ3) is 2.55. The van der Waals surface area contributed by atoms with Gasteiger partial charge in [-0.2, -0.15) is 23.4 Å². The summed E-state index contributed by atoms with van der Waals surface area (Å²) in [6.45, 7) is 7.05. The Balaban J connectivity index is 2.41. The number of alkyl halides is 3. The molecular formula is C16H18F3N5. The Morgan fingerprint density at radius 1 is 1.08 bits per heavy atom. The van der Waals surface area contributed by atoms with Crippen LogP contribution in [-0.4, -0.2) is 24.5 Å². The van der Waals surface area contributed by atoms with Crippen LogP contribution in [0.25, 0.3) is 22.3 Å². The van der Waals surface area contributed by atoms with Gasteiger partial charge < -0.3 is 0 Å². The SMILES string of the molecule is Cc1nn(C)cc1-c1cc(C(F)(F)F)c2c(C)nn(C(C)C)c2n1. The monoisotopic (exact) mass is 337 g/mol. The van der Waals surface area contributed by atoms with Gasteiger partial charge in [0.25, 0.3) is 0 Å². The molecule has 0 amide bonds. The van der Waals surface area contributed by atoms with E-state index in [4.69, 9.17) is 0 Å². The van der Waals surface area contributed by atoms with Gasteiger partial charge in [-0.3, -0.25) is 4.68 Å². The molecule has 0 spiro atoms. The van der Waals surface area contributed by atoms with E-state index < -0.39 is 11.7 Å². The van der Waals surface area contributed by atoms with Crippen LogP contribution in [0.2, 0.25) is 0 Å². The predicted molar refractivity (Wildman–Crippen MR) is 84.6 cm³/mol. The van der Waals surface area contributed by atoms with Crippen molar-refractivity contribution in [2.75, 3.05) is 0 Å². The molecule has 0 unspecified atom stereocenters. The van der Waals surface area contributed by atoms with E-state index in [1.165, 1.54) is 4.68 Å². The second-order valence-corrected chi connectivity index (χ2v) is 6.18. The number of halogens is 3. The molecule has 0 aliphatic carbocycles. The van der Waals surface area contributed by atoms with Gasteiger partial charge in [-0.25, -0.2) is 9.67 Å². The fraction of sp³-hybridized carbons (Fsp3) is 0.438. The molecule has 0 aliphatic rings. The van der Waals surface area contributed by atoms with Gasteiger partial charge in [-0.1, -0.05) is 0 Å². The molecule has 0 fully saturated rings. The predicted octanol–water partition coefficient (Wildman–Crippen LogP) is 4.05. The minimum absolute atomic E-state index is 0.0569. The second-order valence-electron chi connectivity index (χ2n) is 6.18. The van der Waals surface area contributed by atoms with Crippen molar-refractivity contribution in [3.05, 3.63) is 29.2 Å². The normalized spacial score (nSPS) is 12.5. The topological polar surface area (TPSA) is 48.5 Å². The highest BCUT2D eigenvalue weighted by Gasteiger charge is 2.36. The summed E-state index contributed by atoms with van der Waals surface area (Å²) in [5, 5.41) is 8.51. The minimum atomic E-state index is -4.48. The van der Waals surface area contributed by atoms with Crippen molar-refractivity contribution in [2.24, 2.45) is 7.05 Å². The molecule has 3 aromatic rings. The summed E-state index contributed by atoms with van der Waals surface area (Å²) in [6, 6.07) is 0.992. The zero-order valence-corrected chi connectivity index (χ0v) is 14.1. The molecule has 5 nitrogen and oxygen atoms in total. The quantitative estimate of drug-likeness (QED) is 0.709. The van der Waals surface area contributed by atoms with Crippen molar-refractivity contribution in [3.63, 3.8) is 0 Å². The lowest BCUT2D eigenvalue weighted by atomic mass is 10.1. The number of rotatable bonds is 2. The summed E-state index contributed by atoms with van der Waals surface area (Å²) in [5.41, 5.74) is 1.32. The summed E-state index contributed by atoms with van der Waals surface area (Å²) < 4.78 is 44.0. The van der Waals surface area contributed by atoms with Crippen LogP contribution < -0.4 is 0 Å². The molecule has 0 aromatic carbocycles. The first kappa shape index (κ1) is 16.5. The smallest absolute Gasteiger partial charge is 0.275 e. The Kier molecular flexibility index (Phi) is 3.65. The molecule has 3 rings (SSSR count). The molecular weight excluding hydrogens is 319 g/mol. The van der Waals surface area contributed by atoms with Crippen LogP contribution in [0.15, 0.2) is 12.3 Å². The van der Waals surface area contributed by atoms with Crippen LogP contribution in [0.4, 0.5) is 13.2 Å². The van der Waals surface area contributed by atoms with Gasteiger partial charge in [0.05, 0.1) is 28.0 Å². The van der Waals surface area contributed by atoms with Crippen molar-refractivity contribution in [3.8, 4) is 11.3 Å². The highest BCUT2D eigenvalue weighted by atomic mass is 19.4. The van der Waals surface area contributed by atoms with Crippen LogP contribution in [0.3, 0.4) is 0 Å². The average molecular weight is 337 g/mol. The number of pyridine rings is 1. The van der Waals surface area contributed by atoms with Gasteiger partial charge in [0.15, 0.2) is 5.65 Å². The van der Waals surface area contributed by atoms with E-state index in [0.29, 0.717) is 17.0 Å². The van der Waals surface area contributed by atoms with Crippen LogP contribution in [0, 0.1) is 13.8 Å². The minimum Gasteiger partial charge on any atom is -0.275 e. The number of nitrogens with zero attached hydrogens (tertiary/aromatic N) is 5. The van der Waals surface area contributed by atoms with E-state index in [2.05, 4.69) is 15.2 Å². The lowest BCUT2D eigenvalue weighted by Gasteiger charge is -2.12. The molecule has 3 aromatic heterocycles. The van der Waals surface area contributed by atoms with Gasteiger partial charge in [0.1, 0.15) is 0 Å². The molecule has 3 heterocycles. The van der Waals surface area contributed by atoms with E-state index in [-0.39, 0.29) is 22.8 Å². The highest BCUT2D eigenvalue weighted by molar-refractivity contribution is 5.86. The maximum Gasteiger partial charge on any atom is 0.417 e. The molecule has 8 heteroatoms. The first-order valence-electron chi connectivity index (χ1n) is 7.57. The Bertz CT molecular complexity index is 918. The average Bonchev–Trinajstić information content (AvgIpc) is 2.97. The third-order valence-corrected chi connectivity index (χ3v) is 3.92. The number of aryl methyl sites for hydroxylation is 3. The summed E-state index contributed by atoms with van der Waals surface area (Å²) >= 11 is 0.